The number of nitrogens with zero attached hydrogens (tertiary/aromatic N) is 1. The van der Waals surface area contributed by atoms with Gasteiger partial charge in [-0.15, -0.1) is 0 Å². The number of Topliss-reactive ketones (excluding diaryl/α,β-unsaturated/α-hetero) is 2. The molecule has 0 spiro atoms. The van der Waals surface area contributed by atoms with E-state index in [4.69, 9.17) is 9.47 Å². The highest BCUT2D eigenvalue weighted by Gasteiger charge is 2.30. The number of allylic oxidation sites excluding steroid dienone is 4. The van der Waals surface area contributed by atoms with Gasteiger partial charge < -0.3 is 9.47 Å². The molecule has 0 amide bonds. The minimum absolute atomic E-state index is 0.0611. The van der Waals surface area contributed by atoms with E-state index in [2.05, 4.69) is 11.1 Å². The number of aryl methyl sites for hydroxylation is 1. The van der Waals surface area contributed by atoms with Crippen LogP contribution in [0, 0.1) is 0 Å². The van der Waals surface area contributed by atoms with E-state index in [1.807, 2.05) is 12.3 Å². The number of aromatic nitrogens is 1. The predicted molar refractivity (Wildman–Crippen MR) is 118 cm³/mol. The number of carbonyl (C=O) groups is 3. The second-order valence-corrected chi connectivity index (χ2v) is 7.52. The van der Waals surface area contributed by atoms with E-state index >= 15 is 0 Å². The largest absolute Gasteiger partial charge is 0.492 e. The van der Waals surface area contributed by atoms with Crippen LogP contribution in [-0.2, 0) is 30.3 Å². The second-order valence-electron chi connectivity index (χ2n) is 7.52. The zero-order chi connectivity index (χ0) is 22.8. The van der Waals surface area contributed by atoms with Gasteiger partial charge in [-0.3, -0.25) is 14.6 Å². The first-order chi connectivity index (χ1) is 14.9. The number of unbranched alkanes of at least 4 members (excludes halogenated alkanes) is 3. The van der Waals surface area contributed by atoms with Gasteiger partial charge in [-0.1, -0.05) is 18.9 Å². The molecule has 1 aliphatic rings. The van der Waals surface area contributed by atoms with Crippen LogP contribution in [0.1, 0.15) is 58.4 Å². The molecule has 0 saturated carbocycles. The maximum Gasteiger partial charge on any atom is 0.334 e. The Morgan fingerprint density at radius 3 is 2.45 bits per heavy atom. The standard InChI is InChI=1S/C25H31NO5/c1-5-31-25(29)20(13-9-7-6-8-11-19-12-10-14-26-16-19)15-21-17(2)23(28)24(30-4)18(3)22(21)27/h10,12,14-16H,5-9,11,13H2,1-4H3. The molecule has 1 aromatic heterocycles. The molecule has 31 heavy (non-hydrogen) atoms. The highest BCUT2D eigenvalue weighted by atomic mass is 16.5. The second kappa shape index (κ2) is 12.0. The number of ketones is 2. The molecule has 166 valence electrons. The first kappa shape index (κ1) is 24.3. The van der Waals surface area contributed by atoms with Gasteiger partial charge in [0.15, 0.2) is 11.5 Å². The maximum atomic E-state index is 12.8. The SMILES string of the molecule is CCOC(=O)C(=CC1=C(C)C(=O)C(OC)=C(C)C1=O)CCCCCCc1cccnc1. The molecule has 0 aromatic carbocycles. The minimum Gasteiger partial charge on any atom is -0.492 e. The number of methoxy groups -OCH3 is 1. The topological polar surface area (TPSA) is 82.6 Å². The van der Waals surface area contributed by atoms with Crippen LogP contribution in [0.25, 0.3) is 0 Å². The molecule has 6 nitrogen and oxygen atoms in total. The molecular formula is C25H31NO5. The van der Waals surface area contributed by atoms with Crippen LogP contribution in [0.2, 0.25) is 0 Å². The fraction of sp³-hybridized carbons (Fsp3) is 0.440. The van der Waals surface area contributed by atoms with Crippen molar-refractivity contribution in [2.24, 2.45) is 0 Å². The predicted octanol–water partition coefficient (Wildman–Crippen LogP) is 4.45. The van der Waals surface area contributed by atoms with Gasteiger partial charge in [0, 0.05) is 34.7 Å². The summed E-state index contributed by atoms with van der Waals surface area (Å²) in [7, 11) is 1.37. The van der Waals surface area contributed by atoms with Crippen LogP contribution >= 0.6 is 0 Å². The number of pyridine rings is 1. The Labute approximate surface area is 184 Å². The number of esters is 1. The molecule has 0 unspecified atom stereocenters. The van der Waals surface area contributed by atoms with E-state index in [1.54, 1.807) is 27.0 Å². The molecule has 0 atom stereocenters. The lowest BCUT2D eigenvalue weighted by Gasteiger charge is -2.18. The van der Waals surface area contributed by atoms with Gasteiger partial charge in [0.25, 0.3) is 0 Å². The Balaban J connectivity index is 2.04. The number of rotatable bonds is 11. The van der Waals surface area contributed by atoms with E-state index in [-0.39, 0.29) is 40.7 Å². The van der Waals surface area contributed by atoms with Gasteiger partial charge in [0.1, 0.15) is 0 Å². The van der Waals surface area contributed by atoms with Gasteiger partial charge in [-0.25, -0.2) is 4.79 Å². The van der Waals surface area contributed by atoms with Crippen molar-refractivity contribution < 1.29 is 23.9 Å². The minimum atomic E-state index is -0.447. The van der Waals surface area contributed by atoms with Crippen LogP contribution in [-0.4, -0.2) is 36.2 Å². The molecule has 2 rings (SSSR count). The fourth-order valence-electron chi connectivity index (χ4n) is 3.53. The van der Waals surface area contributed by atoms with Gasteiger partial charge in [-0.2, -0.15) is 0 Å². The van der Waals surface area contributed by atoms with E-state index < -0.39 is 5.97 Å². The van der Waals surface area contributed by atoms with Crippen molar-refractivity contribution in [1.29, 1.82) is 0 Å². The number of hydrogen-bond acceptors (Lipinski definition) is 6. The van der Waals surface area contributed by atoms with E-state index in [0.717, 1.165) is 32.1 Å². The third-order valence-electron chi connectivity index (χ3n) is 5.32. The summed E-state index contributed by atoms with van der Waals surface area (Å²) in [4.78, 5) is 41.9. The quantitative estimate of drug-likeness (QED) is 0.225. The van der Waals surface area contributed by atoms with Crippen molar-refractivity contribution in [2.45, 2.75) is 59.3 Å². The molecular weight excluding hydrogens is 394 g/mol. The molecule has 0 radical (unpaired) electrons. The Kier molecular flexibility index (Phi) is 9.38. The molecule has 0 N–H and O–H groups in total. The molecule has 0 fully saturated rings. The summed E-state index contributed by atoms with van der Waals surface area (Å²) in [6.45, 7) is 5.13. The molecule has 1 heterocycles. The highest BCUT2D eigenvalue weighted by Crippen LogP contribution is 2.27. The Bertz CT molecular complexity index is 909. The zero-order valence-electron chi connectivity index (χ0n) is 18.8. The van der Waals surface area contributed by atoms with Crippen molar-refractivity contribution in [1.82, 2.24) is 4.98 Å². The van der Waals surface area contributed by atoms with Gasteiger partial charge >= 0.3 is 5.97 Å². The van der Waals surface area contributed by atoms with Crippen LogP contribution in [0.15, 0.2) is 58.7 Å². The monoisotopic (exact) mass is 425 g/mol. The van der Waals surface area contributed by atoms with E-state index in [9.17, 15) is 14.4 Å². The molecule has 0 bridgehead atoms. The summed E-state index contributed by atoms with van der Waals surface area (Å²) in [6.07, 6.45) is 10.5. The van der Waals surface area contributed by atoms with Crippen molar-refractivity contribution in [2.75, 3.05) is 13.7 Å². The average Bonchev–Trinajstić information content (AvgIpc) is 2.77. The lowest BCUT2D eigenvalue weighted by atomic mass is 9.88. The lowest BCUT2D eigenvalue weighted by molar-refractivity contribution is -0.138. The third-order valence-corrected chi connectivity index (χ3v) is 5.32. The first-order valence-electron chi connectivity index (χ1n) is 10.7. The number of hydrogen-bond donors (Lipinski definition) is 0. The summed E-state index contributed by atoms with van der Waals surface area (Å²) in [6, 6.07) is 4.00. The summed E-state index contributed by atoms with van der Waals surface area (Å²) in [5, 5.41) is 0. The molecule has 1 aromatic rings. The van der Waals surface area contributed by atoms with Gasteiger partial charge in [0.2, 0.25) is 5.78 Å². The molecule has 0 saturated heterocycles. The van der Waals surface area contributed by atoms with Gasteiger partial charge in [0.05, 0.1) is 13.7 Å². The van der Waals surface area contributed by atoms with E-state index in [1.165, 1.54) is 18.7 Å². The molecule has 6 heteroatoms. The Morgan fingerprint density at radius 1 is 1.06 bits per heavy atom. The average molecular weight is 426 g/mol. The Morgan fingerprint density at radius 2 is 1.81 bits per heavy atom. The summed E-state index contributed by atoms with van der Waals surface area (Å²) in [5.74, 6) is -1.01. The number of ether oxygens (including phenoxy) is 2. The summed E-state index contributed by atoms with van der Waals surface area (Å²) >= 11 is 0. The van der Waals surface area contributed by atoms with Crippen LogP contribution in [0.4, 0.5) is 0 Å². The zero-order valence-corrected chi connectivity index (χ0v) is 18.8. The number of carbonyl (C=O) groups excluding carboxylic acids is 3. The van der Waals surface area contributed by atoms with Gasteiger partial charge in [-0.05, 0) is 64.2 Å². The van der Waals surface area contributed by atoms with Crippen molar-refractivity contribution >= 4 is 17.5 Å². The van der Waals surface area contributed by atoms with Crippen LogP contribution in [0.3, 0.4) is 0 Å². The molecule has 0 aliphatic heterocycles. The smallest absolute Gasteiger partial charge is 0.334 e. The van der Waals surface area contributed by atoms with Crippen LogP contribution in [0.5, 0.6) is 0 Å². The fourth-order valence-corrected chi connectivity index (χ4v) is 3.53. The van der Waals surface area contributed by atoms with Crippen LogP contribution < -0.4 is 0 Å². The molecule has 1 aliphatic carbocycles. The highest BCUT2D eigenvalue weighted by molar-refractivity contribution is 6.25. The normalized spacial score (nSPS) is 14.9. The Hall–Kier alpha value is -3.02. The lowest BCUT2D eigenvalue weighted by Crippen LogP contribution is -2.22. The van der Waals surface area contributed by atoms with Crippen molar-refractivity contribution in [3.63, 3.8) is 0 Å². The van der Waals surface area contributed by atoms with Crippen molar-refractivity contribution in [3.8, 4) is 0 Å². The first-order valence-corrected chi connectivity index (χ1v) is 10.7. The maximum absolute atomic E-state index is 12.8. The van der Waals surface area contributed by atoms with E-state index in [0.29, 0.717) is 12.0 Å². The third kappa shape index (κ3) is 6.48. The van der Waals surface area contributed by atoms with Crippen molar-refractivity contribution in [3.05, 3.63) is 64.2 Å². The summed E-state index contributed by atoms with van der Waals surface area (Å²) in [5.41, 5.74) is 2.41. The summed E-state index contributed by atoms with van der Waals surface area (Å²) < 4.78 is 10.3.